The van der Waals surface area contributed by atoms with E-state index in [9.17, 15) is 0 Å². The Balaban J connectivity index is 1.78. The van der Waals surface area contributed by atoms with Crippen LogP contribution in [0.1, 0.15) is 28.8 Å². The van der Waals surface area contributed by atoms with Crippen LogP contribution in [0.25, 0.3) is 0 Å². The molecular formula is C14H16N2S. The summed E-state index contributed by atoms with van der Waals surface area (Å²) in [5.74, 6) is 0. The lowest BCUT2D eigenvalue weighted by molar-refractivity contribution is 0.686. The summed E-state index contributed by atoms with van der Waals surface area (Å²) >= 11 is 1.71. The standard InChI is InChI=1S/C14H16N2S/c1-2-6-13-11(4-1)5-3-7-14(13)16-9-12-8-15-10-17-12/h3,5,7-8,10,16H,1-2,4,6,9H2. The number of hydrogen-bond donors (Lipinski definition) is 1. The van der Waals surface area contributed by atoms with Crippen molar-refractivity contribution in [2.45, 2.75) is 32.2 Å². The van der Waals surface area contributed by atoms with Gasteiger partial charge in [-0.05, 0) is 42.9 Å². The van der Waals surface area contributed by atoms with E-state index in [1.54, 1.807) is 11.3 Å². The van der Waals surface area contributed by atoms with Gasteiger partial charge >= 0.3 is 0 Å². The number of fused-ring (bicyclic) bond motifs is 1. The quantitative estimate of drug-likeness (QED) is 0.891. The molecule has 0 unspecified atom stereocenters. The predicted molar refractivity (Wildman–Crippen MR) is 72.5 cm³/mol. The van der Waals surface area contributed by atoms with E-state index in [2.05, 4.69) is 28.5 Å². The monoisotopic (exact) mass is 244 g/mol. The Bertz CT molecular complexity index is 491. The van der Waals surface area contributed by atoms with Gasteiger partial charge in [0.15, 0.2) is 0 Å². The van der Waals surface area contributed by atoms with Crippen molar-refractivity contribution in [1.29, 1.82) is 0 Å². The lowest BCUT2D eigenvalue weighted by Gasteiger charge is -2.19. The maximum absolute atomic E-state index is 4.10. The number of aryl methyl sites for hydroxylation is 1. The molecular weight excluding hydrogens is 228 g/mol. The Morgan fingerprint density at radius 2 is 2.18 bits per heavy atom. The minimum atomic E-state index is 0.890. The molecule has 1 aliphatic carbocycles. The molecule has 17 heavy (non-hydrogen) atoms. The minimum Gasteiger partial charge on any atom is -0.380 e. The molecule has 0 saturated carbocycles. The summed E-state index contributed by atoms with van der Waals surface area (Å²) < 4.78 is 0. The van der Waals surface area contributed by atoms with Gasteiger partial charge in [-0.15, -0.1) is 11.3 Å². The molecule has 1 heterocycles. The van der Waals surface area contributed by atoms with Gasteiger partial charge in [0.25, 0.3) is 0 Å². The highest BCUT2D eigenvalue weighted by atomic mass is 32.1. The summed E-state index contributed by atoms with van der Waals surface area (Å²) in [5, 5.41) is 3.55. The summed E-state index contributed by atoms with van der Waals surface area (Å²) in [4.78, 5) is 5.39. The molecule has 0 spiro atoms. The fraction of sp³-hybridized carbons (Fsp3) is 0.357. The lowest BCUT2D eigenvalue weighted by Crippen LogP contribution is -2.08. The average Bonchev–Trinajstić information content (AvgIpc) is 2.89. The van der Waals surface area contributed by atoms with Crippen molar-refractivity contribution in [2.75, 3.05) is 5.32 Å². The van der Waals surface area contributed by atoms with Crippen molar-refractivity contribution in [3.05, 3.63) is 45.9 Å². The maximum Gasteiger partial charge on any atom is 0.0794 e. The highest BCUT2D eigenvalue weighted by Gasteiger charge is 2.12. The van der Waals surface area contributed by atoms with Gasteiger partial charge in [0.2, 0.25) is 0 Å². The molecule has 0 saturated heterocycles. The molecule has 88 valence electrons. The number of hydrogen-bond acceptors (Lipinski definition) is 3. The van der Waals surface area contributed by atoms with Crippen molar-refractivity contribution < 1.29 is 0 Å². The van der Waals surface area contributed by atoms with Crippen LogP contribution in [0.5, 0.6) is 0 Å². The fourth-order valence-electron chi connectivity index (χ4n) is 2.46. The van der Waals surface area contributed by atoms with Gasteiger partial charge in [-0.25, -0.2) is 0 Å². The predicted octanol–water partition coefficient (Wildman–Crippen LogP) is 3.63. The third-order valence-corrected chi connectivity index (χ3v) is 4.11. The Hall–Kier alpha value is -1.35. The number of benzene rings is 1. The van der Waals surface area contributed by atoms with Crippen LogP contribution in [-0.2, 0) is 19.4 Å². The van der Waals surface area contributed by atoms with Crippen LogP contribution in [0, 0.1) is 0 Å². The van der Waals surface area contributed by atoms with Crippen LogP contribution in [-0.4, -0.2) is 4.98 Å². The molecule has 0 amide bonds. The van der Waals surface area contributed by atoms with Crippen molar-refractivity contribution >= 4 is 17.0 Å². The van der Waals surface area contributed by atoms with E-state index in [0.29, 0.717) is 0 Å². The fourth-order valence-corrected chi connectivity index (χ4v) is 2.99. The first-order valence-corrected chi connectivity index (χ1v) is 7.03. The van der Waals surface area contributed by atoms with E-state index in [-0.39, 0.29) is 0 Å². The van der Waals surface area contributed by atoms with E-state index >= 15 is 0 Å². The molecule has 0 fully saturated rings. The van der Waals surface area contributed by atoms with Gasteiger partial charge < -0.3 is 5.32 Å². The number of anilines is 1. The average molecular weight is 244 g/mol. The second kappa shape index (κ2) is 4.88. The van der Waals surface area contributed by atoms with E-state index in [0.717, 1.165) is 6.54 Å². The zero-order valence-electron chi connectivity index (χ0n) is 9.78. The number of rotatable bonds is 3. The van der Waals surface area contributed by atoms with Crippen molar-refractivity contribution in [3.8, 4) is 0 Å². The number of aromatic nitrogens is 1. The Morgan fingerprint density at radius 1 is 1.24 bits per heavy atom. The van der Waals surface area contributed by atoms with Crippen LogP contribution in [0.3, 0.4) is 0 Å². The second-order valence-electron chi connectivity index (χ2n) is 4.47. The maximum atomic E-state index is 4.10. The Labute approximate surface area is 106 Å². The molecule has 1 N–H and O–H groups in total. The molecule has 0 radical (unpaired) electrons. The zero-order chi connectivity index (χ0) is 11.5. The van der Waals surface area contributed by atoms with Gasteiger partial charge in [-0.1, -0.05) is 12.1 Å². The van der Waals surface area contributed by atoms with Crippen LogP contribution in [0.4, 0.5) is 5.69 Å². The van der Waals surface area contributed by atoms with Crippen LogP contribution < -0.4 is 5.32 Å². The van der Waals surface area contributed by atoms with Crippen LogP contribution in [0.2, 0.25) is 0 Å². The van der Waals surface area contributed by atoms with Gasteiger partial charge in [0.1, 0.15) is 0 Å². The topological polar surface area (TPSA) is 24.9 Å². The summed E-state index contributed by atoms with van der Waals surface area (Å²) in [6.07, 6.45) is 7.07. The first-order valence-electron chi connectivity index (χ1n) is 6.15. The number of nitrogens with one attached hydrogen (secondary N) is 1. The third-order valence-electron chi connectivity index (χ3n) is 3.33. The number of thiazole rings is 1. The molecule has 0 atom stereocenters. The molecule has 2 nitrogen and oxygen atoms in total. The summed E-state index contributed by atoms with van der Waals surface area (Å²) in [5.41, 5.74) is 6.27. The molecule has 1 aromatic heterocycles. The minimum absolute atomic E-state index is 0.890. The van der Waals surface area contributed by atoms with Crippen molar-refractivity contribution in [1.82, 2.24) is 4.98 Å². The lowest BCUT2D eigenvalue weighted by atomic mass is 9.90. The van der Waals surface area contributed by atoms with E-state index in [1.165, 1.54) is 47.4 Å². The van der Waals surface area contributed by atoms with E-state index in [1.807, 2.05) is 11.7 Å². The van der Waals surface area contributed by atoms with Crippen LogP contribution in [0.15, 0.2) is 29.9 Å². The molecule has 0 aliphatic heterocycles. The first kappa shape index (κ1) is 10.8. The highest BCUT2D eigenvalue weighted by molar-refractivity contribution is 7.09. The SMILES string of the molecule is c1cc2c(c(NCc3cncs3)c1)CCCC2. The summed E-state index contributed by atoms with van der Waals surface area (Å²) in [6, 6.07) is 6.64. The molecule has 2 aromatic rings. The van der Waals surface area contributed by atoms with Crippen LogP contribution >= 0.6 is 11.3 Å². The molecule has 3 heteroatoms. The Kier molecular flexibility index (Phi) is 3.10. The number of nitrogens with zero attached hydrogens (tertiary/aromatic N) is 1. The zero-order valence-corrected chi connectivity index (χ0v) is 10.6. The molecule has 0 bridgehead atoms. The van der Waals surface area contributed by atoms with Gasteiger partial charge in [0.05, 0.1) is 12.1 Å². The van der Waals surface area contributed by atoms with Gasteiger partial charge in [0, 0.05) is 16.8 Å². The summed E-state index contributed by atoms with van der Waals surface area (Å²) in [6.45, 7) is 0.890. The first-order chi connectivity index (χ1) is 8.43. The van der Waals surface area contributed by atoms with Crippen molar-refractivity contribution in [2.24, 2.45) is 0 Å². The van der Waals surface area contributed by atoms with E-state index < -0.39 is 0 Å². The molecule has 1 aromatic carbocycles. The second-order valence-corrected chi connectivity index (χ2v) is 5.44. The smallest absolute Gasteiger partial charge is 0.0794 e. The largest absolute Gasteiger partial charge is 0.380 e. The third kappa shape index (κ3) is 2.34. The summed E-state index contributed by atoms with van der Waals surface area (Å²) in [7, 11) is 0. The Morgan fingerprint density at radius 3 is 3.06 bits per heavy atom. The van der Waals surface area contributed by atoms with Gasteiger partial charge in [-0.2, -0.15) is 0 Å². The highest BCUT2D eigenvalue weighted by Crippen LogP contribution is 2.28. The van der Waals surface area contributed by atoms with E-state index in [4.69, 9.17) is 0 Å². The molecule has 3 rings (SSSR count). The normalized spacial score (nSPS) is 14.4. The van der Waals surface area contributed by atoms with Crippen molar-refractivity contribution in [3.63, 3.8) is 0 Å². The molecule has 1 aliphatic rings. The van der Waals surface area contributed by atoms with Gasteiger partial charge in [-0.3, -0.25) is 4.98 Å².